The van der Waals surface area contributed by atoms with Gasteiger partial charge in [0, 0.05) is 42.7 Å². The maximum Gasteiger partial charge on any atom is 0.303 e. The van der Waals surface area contributed by atoms with E-state index in [1.165, 1.54) is 0 Å². The Balaban J connectivity index is 1.32. The average Bonchev–Trinajstić information content (AvgIpc) is 2.93. The molecule has 2 aromatic heterocycles. The van der Waals surface area contributed by atoms with Crippen LogP contribution in [0.25, 0.3) is 10.9 Å². The first-order valence-electron chi connectivity index (χ1n) is 12.9. The second-order valence-electron chi connectivity index (χ2n) is 9.62. The third-order valence-corrected chi connectivity index (χ3v) is 8.22. The van der Waals surface area contributed by atoms with E-state index in [9.17, 15) is 9.90 Å². The number of nitrogens with zero attached hydrogens (tertiary/aromatic N) is 4. The second kappa shape index (κ2) is 13.7. The molecule has 1 aliphatic heterocycles. The van der Waals surface area contributed by atoms with Gasteiger partial charge in [0.15, 0.2) is 0 Å². The summed E-state index contributed by atoms with van der Waals surface area (Å²) in [4.78, 5) is 26.5. The number of aromatic nitrogens is 3. The monoisotopic (exact) mass is 526 g/mol. The lowest BCUT2D eigenvalue weighted by molar-refractivity contribution is -0.137. The molecular formula is C28H35FN4O3S. The molecular weight excluding hydrogens is 491 g/mol. The Morgan fingerprint density at radius 1 is 1.22 bits per heavy atom. The van der Waals surface area contributed by atoms with Crippen molar-refractivity contribution in [3.8, 4) is 5.75 Å². The SMILES string of the molecule is COc1ccc2nccc([C@@H](F)CCC3CCN(CCCSc4cnccn4)CC3CCC(=O)O)c2c1. The molecule has 3 aromatic rings. The highest BCUT2D eigenvalue weighted by Crippen LogP contribution is 2.36. The van der Waals surface area contributed by atoms with Crippen LogP contribution in [0.3, 0.4) is 0 Å². The summed E-state index contributed by atoms with van der Waals surface area (Å²) >= 11 is 1.70. The number of halogens is 1. The fourth-order valence-corrected chi connectivity index (χ4v) is 6.02. The summed E-state index contributed by atoms with van der Waals surface area (Å²) in [5.41, 5.74) is 1.40. The molecule has 0 spiro atoms. The molecule has 4 rings (SSSR count). The predicted octanol–water partition coefficient (Wildman–Crippen LogP) is 5.81. The third kappa shape index (κ3) is 7.85. The van der Waals surface area contributed by atoms with E-state index in [-0.39, 0.29) is 12.3 Å². The van der Waals surface area contributed by atoms with Crippen LogP contribution in [-0.4, -0.2) is 63.4 Å². The minimum Gasteiger partial charge on any atom is -0.497 e. The number of ether oxygens (including phenoxy) is 1. The Morgan fingerprint density at radius 2 is 2.11 bits per heavy atom. The number of hydrogen-bond donors (Lipinski definition) is 1. The third-order valence-electron chi connectivity index (χ3n) is 7.22. The summed E-state index contributed by atoms with van der Waals surface area (Å²) in [6.07, 6.45) is 9.67. The Hall–Kier alpha value is -2.78. The van der Waals surface area contributed by atoms with Gasteiger partial charge >= 0.3 is 5.97 Å². The van der Waals surface area contributed by atoms with E-state index < -0.39 is 12.1 Å². The van der Waals surface area contributed by atoms with Crippen LogP contribution in [0.4, 0.5) is 4.39 Å². The largest absolute Gasteiger partial charge is 0.497 e. The summed E-state index contributed by atoms with van der Waals surface area (Å²) in [6.45, 7) is 2.82. The highest BCUT2D eigenvalue weighted by Gasteiger charge is 2.30. The van der Waals surface area contributed by atoms with Gasteiger partial charge in [0.1, 0.15) is 16.9 Å². The number of aliphatic carboxylic acids is 1. The molecule has 1 fully saturated rings. The van der Waals surface area contributed by atoms with E-state index in [0.717, 1.165) is 60.6 Å². The van der Waals surface area contributed by atoms with Crippen LogP contribution in [0.2, 0.25) is 0 Å². The van der Waals surface area contributed by atoms with E-state index in [4.69, 9.17) is 4.74 Å². The number of hydrogen-bond acceptors (Lipinski definition) is 7. The summed E-state index contributed by atoms with van der Waals surface area (Å²) in [5, 5.41) is 11.0. The zero-order valence-corrected chi connectivity index (χ0v) is 22.1. The molecule has 9 heteroatoms. The molecule has 198 valence electrons. The van der Waals surface area contributed by atoms with Gasteiger partial charge in [0.25, 0.3) is 0 Å². The van der Waals surface area contributed by atoms with Crippen molar-refractivity contribution in [3.63, 3.8) is 0 Å². The van der Waals surface area contributed by atoms with Crippen molar-refractivity contribution < 1.29 is 19.0 Å². The molecule has 7 nitrogen and oxygen atoms in total. The Bertz CT molecular complexity index is 1150. The molecule has 0 saturated carbocycles. The van der Waals surface area contributed by atoms with Crippen molar-refractivity contribution in [2.24, 2.45) is 11.8 Å². The Labute approximate surface area is 221 Å². The quantitative estimate of drug-likeness (QED) is 0.221. The van der Waals surface area contributed by atoms with E-state index in [1.54, 1.807) is 49.7 Å². The molecule has 3 atom stereocenters. The standard InChI is InChI=1S/C28H35FN4O3S/c1-36-22-5-7-26-24(17-22)23(9-11-31-26)25(29)6-3-20-10-15-33(19-21(20)4-8-28(34)35)14-2-16-37-27-18-30-12-13-32-27/h5,7,9,11-13,17-18,20-21,25H,2-4,6,8,10,14-16,19H2,1H3,(H,34,35)/t20?,21?,25-/m0/s1. The van der Waals surface area contributed by atoms with Gasteiger partial charge in [-0.05, 0) is 86.9 Å². The first-order chi connectivity index (χ1) is 18.0. The van der Waals surface area contributed by atoms with Crippen molar-refractivity contribution in [2.75, 3.05) is 32.5 Å². The van der Waals surface area contributed by atoms with Crippen molar-refractivity contribution >= 4 is 28.6 Å². The zero-order chi connectivity index (χ0) is 26.0. The van der Waals surface area contributed by atoms with Gasteiger partial charge in [0.05, 0.1) is 18.8 Å². The molecule has 2 unspecified atom stereocenters. The second-order valence-corrected chi connectivity index (χ2v) is 10.7. The number of likely N-dealkylation sites (tertiary alicyclic amines) is 1. The number of alkyl halides is 1. The van der Waals surface area contributed by atoms with E-state index >= 15 is 4.39 Å². The number of methoxy groups -OCH3 is 1. The molecule has 0 aliphatic carbocycles. The lowest BCUT2D eigenvalue weighted by atomic mass is 9.79. The number of benzene rings is 1. The Kier molecular flexibility index (Phi) is 10.1. The van der Waals surface area contributed by atoms with E-state index in [0.29, 0.717) is 30.1 Å². The molecule has 1 aliphatic rings. The summed E-state index contributed by atoms with van der Waals surface area (Å²) in [7, 11) is 1.60. The van der Waals surface area contributed by atoms with Gasteiger partial charge < -0.3 is 14.7 Å². The van der Waals surface area contributed by atoms with Crippen LogP contribution in [0.15, 0.2) is 54.1 Å². The lowest BCUT2D eigenvalue weighted by Crippen LogP contribution is -2.41. The Morgan fingerprint density at radius 3 is 2.89 bits per heavy atom. The number of fused-ring (bicyclic) bond motifs is 1. The molecule has 37 heavy (non-hydrogen) atoms. The fourth-order valence-electron chi connectivity index (χ4n) is 5.26. The van der Waals surface area contributed by atoms with E-state index in [1.807, 2.05) is 18.2 Å². The number of carbonyl (C=O) groups is 1. The molecule has 3 heterocycles. The number of carboxylic acids is 1. The average molecular weight is 527 g/mol. The minimum atomic E-state index is -1.10. The van der Waals surface area contributed by atoms with Crippen LogP contribution >= 0.6 is 11.8 Å². The highest BCUT2D eigenvalue weighted by atomic mass is 32.2. The number of pyridine rings is 1. The first-order valence-corrected chi connectivity index (χ1v) is 13.9. The number of piperidine rings is 1. The topological polar surface area (TPSA) is 88.4 Å². The maximum atomic E-state index is 15.5. The number of thioether (sulfide) groups is 1. The molecule has 0 bridgehead atoms. The molecule has 1 N–H and O–H groups in total. The van der Waals surface area contributed by atoms with Crippen LogP contribution < -0.4 is 4.74 Å². The van der Waals surface area contributed by atoms with Gasteiger partial charge in [-0.3, -0.25) is 14.8 Å². The van der Waals surface area contributed by atoms with Crippen LogP contribution in [0, 0.1) is 11.8 Å². The zero-order valence-electron chi connectivity index (χ0n) is 21.3. The van der Waals surface area contributed by atoms with Gasteiger partial charge in [-0.15, -0.1) is 11.8 Å². The normalized spacial score (nSPS) is 19.1. The summed E-state index contributed by atoms with van der Waals surface area (Å²) < 4.78 is 20.9. The van der Waals surface area contributed by atoms with Gasteiger partial charge in [0.2, 0.25) is 0 Å². The van der Waals surface area contributed by atoms with Crippen molar-refractivity contribution in [1.29, 1.82) is 0 Å². The summed E-state index contributed by atoms with van der Waals surface area (Å²) in [5.74, 6) is 1.47. The van der Waals surface area contributed by atoms with Crippen LogP contribution in [0.1, 0.15) is 50.3 Å². The van der Waals surface area contributed by atoms with Crippen molar-refractivity contribution in [2.45, 2.75) is 49.7 Å². The van der Waals surface area contributed by atoms with Crippen LogP contribution in [-0.2, 0) is 4.79 Å². The smallest absolute Gasteiger partial charge is 0.303 e. The van der Waals surface area contributed by atoms with Gasteiger partial charge in [-0.25, -0.2) is 9.37 Å². The minimum absolute atomic E-state index is 0.158. The molecule has 1 saturated heterocycles. The predicted molar refractivity (Wildman–Crippen MR) is 144 cm³/mol. The lowest BCUT2D eigenvalue weighted by Gasteiger charge is -2.39. The molecule has 0 amide bonds. The number of carboxylic acid groups (broad SMARTS) is 1. The highest BCUT2D eigenvalue weighted by molar-refractivity contribution is 7.99. The maximum absolute atomic E-state index is 15.5. The van der Waals surface area contributed by atoms with E-state index in [2.05, 4.69) is 19.9 Å². The first kappa shape index (κ1) is 27.3. The molecule has 1 aromatic carbocycles. The summed E-state index contributed by atoms with van der Waals surface area (Å²) in [6, 6.07) is 7.30. The van der Waals surface area contributed by atoms with Crippen LogP contribution in [0.5, 0.6) is 5.75 Å². The number of rotatable bonds is 13. The van der Waals surface area contributed by atoms with Crippen molar-refractivity contribution in [3.05, 3.63) is 54.6 Å². The van der Waals surface area contributed by atoms with Crippen molar-refractivity contribution in [1.82, 2.24) is 19.9 Å². The fraction of sp³-hybridized carbons (Fsp3) is 0.500. The van der Waals surface area contributed by atoms with Gasteiger partial charge in [-0.2, -0.15) is 0 Å². The molecule has 0 radical (unpaired) electrons. The van der Waals surface area contributed by atoms with Gasteiger partial charge in [-0.1, -0.05) is 0 Å².